The van der Waals surface area contributed by atoms with Crippen LogP contribution in [-0.2, 0) is 9.47 Å². The van der Waals surface area contributed by atoms with Crippen molar-refractivity contribution in [1.82, 2.24) is 4.98 Å². The van der Waals surface area contributed by atoms with E-state index in [1.165, 1.54) is 0 Å². The average Bonchev–Trinajstić information content (AvgIpc) is 2.28. The molecule has 0 aromatic carbocycles. The van der Waals surface area contributed by atoms with Crippen molar-refractivity contribution >= 4 is 11.8 Å². The van der Waals surface area contributed by atoms with E-state index < -0.39 is 5.97 Å². The van der Waals surface area contributed by atoms with Gasteiger partial charge in [-0.3, -0.25) is 0 Å². The molecule has 0 aliphatic carbocycles. The maximum Gasteiger partial charge on any atom is 0.357 e. The summed E-state index contributed by atoms with van der Waals surface area (Å²) in [5, 5.41) is 0. The molecular formula is C11H16N2O3. The van der Waals surface area contributed by atoms with Gasteiger partial charge in [-0.1, -0.05) is 13.0 Å². The summed E-state index contributed by atoms with van der Waals surface area (Å²) in [4.78, 5) is 15.3. The molecule has 0 fully saturated rings. The summed E-state index contributed by atoms with van der Waals surface area (Å²) in [6, 6.07) is 4.83. The Balaban J connectivity index is 2.30. The van der Waals surface area contributed by atoms with Gasteiger partial charge in [-0.15, -0.1) is 0 Å². The van der Waals surface area contributed by atoms with Crippen molar-refractivity contribution in [1.29, 1.82) is 0 Å². The minimum Gasteiger partial charge on any atom is -0.459 e. The summed E-state index contributed by atoms with van der Waals surface area (Å²) in [7, 11) is 0. The van der Waals surface area contributed by atoms with Crippen LogP contribution in [0.4, 0.5) is 5.82 Å². The lowest BCUT2D eigenvalue weighted by Gasteiger charge is -2.05. The number of nitrogen functional groups attached to an aromatic ring is 1. The highest BCUT2D eigenvalue weighted by Crippen LogP contribution is 2.02. The molecule has 0 radical (unpaired) electrons. The largest absolute Gasteiger partial charge is 0.459 e. The van der Waals surface area contributed by atoms with Gasteiger partial charge < -0.3 is 15.2 Å². The number of hydrogen-bond donors (Lipinski definition) is 1. The van der Waals surface area contributed by atoms with E-state index in [-0.39, 0.29) is 12.3 Å². The molecule has 1 aromatic heterocycles. The van der Waals surface area contributed by atoms with E-state index in [0.717, 1.165) is 6.42 Å². The molecular weight excluding hydrogens is 208 g/mol. The highest BCUT2D eigenvalue weighted by atomic mass is 16.6. The van der Waals surface area contributed by atoms with Crippen LogP contribution in [-0.4, -0.2) is 30.8 Å². The number of carbonyl (C=O) groups excluding carboxylic acids is 1. The number of aromatic nitrogens is 1. The zero-order chi connectivity index (χ0) is 11.8. The summed E-state index contributed by atoms with van der Waals surface area (Å²) < 4.78 is 10.1. The summed E-state index contributed by atoms with van der Waals surface area (Å²) in [5.74, 6) is -0.177. The average molecular weight is 224 g/mol. The number of anilines is 1. The molecule has 5 heteroatoms. The first-order chi connectivity index (χ1) is 7.74. The lowest BCUT2D eigenvalue weighted by atomic mass is 10.3. The van der Waals surface area contributed by atoms with Crippen molar-refractivity contribution < 1.29 is 14.3 Å². The molecule has 0 aliphatic rings. The molecule has 1 rings (SSSR count). The van der Waals surface area contributed by atoms with Crippen molar-refractivity contribution in [3.8, 4) is 0 Å². The van der Waals surface area contributed by atoms with Crippen LogP contribution in [0.5, 0.6) is 0 Å². The second-order valence-electron chi connectivity index (χ2n) is 3.20. The van der Waals surface area contributed by atoms with Gasteiger partial charge >= 0.3 is 5.97 Å². The van der Waals surface area contributed by atoms with E-state index in [2.05, 4.69) is 4.98 Å². The third-order valence-electron chi connectivity index (χ3n) is 1.79. The van der Waals surface area contributed by atoms with Gasteiger partial charge in [-0.05, 0) is 18.6 Å². The smallest absolute Gasteiger partial charge is 0.357 e. The number of pyridine rings is 1. The van der Waals surface area contributed by atoms with Gasteiger partial charge in [0.25, 0.3) is 0 Å². The fourth-order valence-corrected chi connectivity index (χ4v) is 1.08. The molecule has 2 N–H and O–H groups in total. The van der Waals surface area contributed by atoms with E-state index in [9.17, 15) is 4.79 Å². The van der Waals surface area contributed by atoms with E-state index in [1.807, 2.05) is 6.92 Å². The molecule has 1 heterocycles. The van der Waals surface area contributed by atoms with Crippen molar-refractivity contribution in [2.24, 2.45) is 0 Å². The van der Waals surface area contributed by atoms with Gasteiger partial charge in [0, 0.05) is 6.61 Å². The van der Waals surface area contributed by atoms with Gasteiger partial charge in [-0.2, -0.15) is 0 Å². The maximum atomic E-state index is 11.4. The normalized spacial score (nSPS) is 10.1. The van der Waals surface area contributed by atoms with Gasteiger partial charge in [-0.25, -0.2) is 9.78 Å². The molecule has 88 valence electrons. The maximum absolute atomic E-state index is 11.4. The monoisotopic (exact) mass is 224 g/mol. The highest BCUT2D eigenvalue weighted by molar-refractivity contribution is 5.87. The minimum atomic E-state index is -0.479. The number of carbonyl (C=O) groups is 1. The molecule has 0 unspecified atom stereocenters. The number of hydrogen-bond acceptors (Lipinski definition) is 5. The van der Waals surface area contributed by atoms with Gasteiger partial charge in [0.15, 0.2) is 5.69 Å². The molecule has 0 atom stereocenters. The van der Waals surface area contributed by atoms with Crippen molar-refractivity contribution in [3.05, 3.63) is 23.9 Å². The minimum absolute atomic E-state index is 0.218. The molecule has 1 aromatic rings. The van der Waals surface area contributed by atoms with E-state index >= 15 is 0 Å². The van der Waals surface area contributed by atoms with Crippen LogP contribution < -0.4 is 5.73 Å². The Morgan fingerprint density at radius 2 is 2.19 bits per heavy atom. The van der Waals surface area contributed by atoms with Crippen LogP contribution in [0.1, 0.15) is 23.8 Å². The first-order valence-electron chi connectivity index (χ1n) is 5.21. The predicted molar refractivity (Wildman–Crippen MR) is 60.0 cm³/mol. The summed E-state index contributed by atoms with van der Waals surface area (Å²) in [6.07, 6.45) is 0.949. The predicted octanol–water partition coefficient (Wildman–Crippen LogP) is 1.25. The van der Waals surface area contributed by atoms with Gasteiger partial charge in [0.05, 0.1) is 6.61 Å². The lowest BCUT2D eigenvalue weighted by molar-refractivity contribution is 0.0313. The second kappa shape index (κ2) is 6.79. The molecule has 0 amide bonds. The summed E-state index contributed by atoms with van der Waals surface area (Å²) >= 11 is 0. The topological polar surface area (TPSA) is 74.4 Å². The number of esters is 1. The summed E-state index contributed by atoms with van der Waals surface area (Å²) in [5.41, 5.74) is 5.67. The third-order valence-corrected chi connectivity index (χ3v) is 1.79. The Morgan fingerprint density at radius 3 is 2.88 bits per heavy atom. The number of nitrogens with zero attached hydrogens (tertiary/aromatic N) is 1. The number of ether oxygens (including phenoxy) is 2. The van der Waals surface area contributed by atoms with Crippen molar-refractivity contribution in [2.45, 2.75) is 13.3 Å². The Kier molecular flexibility index (Phi) is 5.28. The number of nitrogens with two attached hydrogens (primary N) is 1. The number of rotatable bonds is 6. The fourth-order valence-electron chi connectivity index (χ4n) is 1.08. The van der Waals surface area contributed by atoms with Crippen LogP contribution in [0.3, 0.4) is 0 Å². The zero-order valence-corrected chi connectivity index (χ0v) is 9.31. The molecule has 5 nitrogen and oxygen atoms in total. The quantitative estimate of drug-likeness (QED) is 0.581. The van der Waals surface area contributed by atoms with Crippen LogP contribution in [0.2, 0.25) is 0 Å². The van der Waals surface area contributed by atoms with Crippen molar-refractivity contribution in [2.75, 3.05) is 25.6 Å². The first kappa shape index (κ1) is 12.4. The van der Waals surface area contributed by atoms with E-state index in [0.29, 0.717) is 19.0 Å². The molecule has 0 saturated heterocycles. The molecule has 0 bridgehead atoms. The first-order valence-corrected chi connectivity index (χ1v) is 5.21. The Bertz CT molecular complexity index is 342. The SMILES string of the molecule is CCCOCCOC(=O)c1cccc(N)n1. The highest BCUT2D eigenvalue weighted by Gasteiger charge is 2.08. The Morgan fingerprint density at radius 1 is 1.38 bits per heavy atom. The standard InChI is InChI=1S/C11H16N2O3/c1-2-6-15-7-8-16-11(14)9-4-3-5-10(12)13-9/h3-5H,2,6-8H2,1H3,(H2,12,13). The zero-order valence-electron chi connectivity index (χ0n) is 9.31. The van der Waals surface area contributed by atoms with Crippen LogP contribution in [0.25, 0.3) is 0 Å². The molecule has 16 heavy (non-hydrogen) atoms. The summed E-state index contributed by atoms with van der Waals surface area (Å²) in [6.45, 7) is 3.33. The van der Waals surface area contributed by atoms with Crippen molar-refractivity contribution in [3.63, 3.8) is 0 Å². The van der Waals surface area contributed by atoms with Crippen LogP contribution in [0, 0.1) is 0 Å². The van der Waals surface area contributed by atoms with Gasteiger partial charge in [0.2, 0.25) is 0 Å². The third kappa shape index (κ3) is 4.27. The molecule has 0 spiro atoms. The van der Waals surface area contributed by atoms with E-state index in [4.69, 9.17) is 15.2 Å². The Labute approximate surface area is 94.6 Å². The fraction of sp³-hybridized carbons (Fsp3) is 0.455. The second-order valence-corrected chi connectivity index (χ2v) is 3.20. The molecule has 0 saturated carbocycles. The van der Waals surface area contributed by atoms with Crippen LogP contribution >= 0.6 is 0 Å². The lowest BCUT2D eigenvalue weighted by Crippen LogP contribution is -2.12. The Hall–Kier alpha value is -1.62. The van der Waals surface area contributed by atoms with Gasteiger partial charge in [0.1, 0.15) is 12.4 Å². The molecule has 0 aliphatic heterocycles. The van der Waals surface area contributed by atoms with Crippen LogP contribution in [0.15, 0.2) is 18.2 Å². The van der Waals surface area contributed by atoms with E-state index in [1.54, 1.807) is 18.2 Å².